The monoisotopic (exact) mass is 389 g/mol. The number of furan rings is 1. The Kier molecular flexibility index (Phi) is 4.91. The van der Waals surface area contributed by atoms with Crippen molar-refractivity contribution in [2.75, 3.05) is 6.54 Å². The van der Waals surface area contributed by atoms with E-state index in [1.54, 1.807) is 18.2 Å². The number of hydrogen-bond acceptors (Lipinski definition) is 5. The summed E-state index contributed by atoms with van der Waals surface area (Å²) >= 11 is 0. The summed E-state index contributed by atoms with van der Waals surface area (Å²) in [6.07, 6.45) is 1.91. The van der Waals surface area contributed by atoms with Crippen LogP contribution >= 0.6 is 0 Å². The van der Waals surface area contributed by atoms with E-state index in [0.717, 1.165) is 5.56 Å². The van der Waals surface area contributed by atoms with Crippen LogP contribution in [0.3, 0.4) is 0 Å². The first-order valence-electron chi connectivity index (χ1n) is 9.21. The molecule has 6 nitrogen and oxygen atoms in total. The lowest BCUT2D eigenvalue weighted by molar-refractivity contribution is -0.129. The van der Waals surface area contributed by atoms with Crippen molar-refractivity contribution in [3.05, 3.63) is 101 Å². The Morgan fingerprint density at radius 1 is 1.00 bits per heavy atom. The zero-order valence-corrected chi connectivity index (χ0v) is 15.5. The van der Waals surface area contributed by atoms with Gasteiger partial charge in [-0.1, -0.05) is 42.5 Å². The van der Waals surface area contributed by atoms with E-state index in [1.807, 2.05) is 30.3 Å². The van der Waals surface area contributed by atoms with Gasteiger partial charge >= 0.3 is 0 Å². The molecule has 0 aliphatic carbocycles. The number of aliphatic hydroxyl groups is 1. The first kappa shape index (κ1) is 18.6. The van der Waals surface area contributed by atoms with Gasteiger partial charge in [0.1, 0.15) is 5.75 Å². The third-order valence-electron chi connectivity index (χ3n) is 4.96. The van der Waals surface area contributed by atoms with E-state index in [9.17, 15) is 19.8 Å². The predicted molar refractivity (Wildman–Crippen MR) is 105 cm³/mol. The highest BCUT2D eigenvalue weighted by Crippen LogP contribution is 2.39. The molecule has 1 aliphatic heterocycles. The van der Waals surface area contributed by atoms with Crippen molar-refractivity contribution in [1.82, 2.24) is 4.90 Å². The van der Waals surface area contributed by atoms with Crippen LogP contribution in [0, 0.1) is 0 Å². The van der Waals surface area contributed by atoms with Gasteiger partial charge in [-0.3, -0.25) is 9.59 Å². The lowest BCUT2D eigenvalue weighted by atomic mass is 9.94. The first-order valence-corrected chi connectivity index (χ1v) is 9.21. The summed E-state index contributed by atoms with van der Waals surface area (Å²) < 4.78 is 5.19. The van der Waals surface area contributed by atoms with E-state index in [4.69, 9.17) is 4.42 Å². The average Bonchev–Trinajstić information content (AvgIpc) is 3.35. The number of amides is 1. The zero-order valence-electron chi connectivity index (χ0n) is 15.5. The Bertz CT molecular complexity index is 1070. The molecule has 6 heteroatoms. The zero-order chi connectivity index (χ0) is 20.4. The number of carbonyl (C=O) groups excluding carboxylic acids is 2. The van der Waals surface area contributed by atoms with Crippen LogP contribution in [0.25, 0.3) is 0 Å². The molecule has 29 heavy (non-hydrogen) atoms. The average molecular weight is 389 g/mol. The van der Waals surface area contributed by atoms with Crippen molar-refractivity contribution in [1.29, 1.82) is 0 Å². The molecule has 0 fully saturated rings. The standard InChI is InChI=1S/C23H19NO5/c25-17-9-4-8-16(14-17)20-19(21(26)18-10-5-13-29-18)22(27)23(28)24(20)12-11-15-6-2-1-3-7-15/h1-10,13-14,20,25,27H,11-12H2. The molecule has 0 spiro atoms. The maximum Gasteiger partial charge on any atom is 0.290 e. The lowest BCUT2D eigenvalue weighted by Crippen LogP contribution is -2.33. The molecule has 0 saturated heterocycles. The van der Waals surface area contributed by atoms with Gasteiger partial charge in [0.2, 0.25) is 5.78 Å². The van der Waals surface area contributed by atoms with Gasteiger partial charge in [0, 0.05) is 6.54 Å². The second-order valence-corrected chi connectivity index (χ2v) is 6.80. The van der Waals surface area contributed by atoms with Gasteiger partial charge in [-0.25, -0.2) is 0 Å². The number of Topliss-reactive ketones (excluding diaryl/α,β-unsaturated/α-hetero) is 1. The quantitative estimate of drug-likeness (QED) is 0.626. The summed E-state index contributed by atoms with van der Waals surface area (Å²) in [6.45, 7) is 0.294. The number of ketones is 1. The Morgan fingerprint density at radius 2 is 1.79 bits per heavy atom. The molecule has 1 aliphatic rings. The van der Waals surface area contributed by atoms with Crippen molar-refractivity contribution in [3.8, 4) is 5.75 Å². The SMILES string of the molecule is O=C(C1=C(O)C(=O)N(CCc2ccccc2)C1c1cccc(O)c1)c1ccco1. The van der Waals surface area contributed by atoms with E-state index < -0.39 is 23.5 Å². The van der Waals surface area contributed by atoms with E-state index in [-0.39, 0.29) is 17.1 Å². The van der Waals surface area contributed by atoms with E-state index >= 15 is 0 Å². The van der Waals surface area contributed by atoms with Crippen molar-refractivity contribution < 1.29 is 24.2 Å². The summed E-state index contributed by atoms with van der Waals surface area (Å²) in [7, 11) is 0. The number of carbonyl (C=O) groups is 2. The van der Waals surface area contributed by atoms with Crippen LogP contribution in [0.5, 0.6) is 5.75 Å². The summed E-state index contributed by atoms with van der Waals surface area (Å²) in [6, 6.07) is 18.2. The molecule has 4 rings (SSSR count). The largest absolute Gasteiger partial charge is 0.508 e. The number of hydrogen-bond donors (Lipinski definition) is 2. The Labute approximate surface area is 167 Å². The first-order chi connectivity index (χ1) is 14.1. The molecule has 0 saturated carbocycles. The third-order valence-corrected chi connectivity index (χ3v) is 4.96. The van der Waals surface area contributed by atoms with E-state index in [1.165, 1.54) is 29.4 Å². The lowest BCUT2D eigenvalue weighted by Gasteiger charge is -2.26. The molecule has 0 bridgehead atoms. The molecule has 3 aromatic rings. The molecular formula is C23H19NO5. The molecule has 2 N–H and O–H groups in total. The highest BCUT2D eigenvalue weighted by molar-refractivity contribution is 6.15. The second kappa shape index (κ2) is 7.67. The normalized spacial score (nSPS) is 16.5. The molecule has 146 valence electrons. The fraction of sp³-hybridized carbons (Fsp3) is 0.130. The highest BCUT2D eigenvalue weighted by Gasteiger charge is 2.44. The number of phenolic OH excluding ortho intramolecular Hbond substituents is 1. The molecule has 1 amide bonds. The maximum atomic E-state index is 13.0. The van der Waals surface area contributed by atoms with Crippen LogP contribution in [0.15, 0.2) is 88.7 Å². The number of rotatable bonds is 6. The van der Waals surface area contributed by atoms with Crippen LogP contribution in [-0.2, 0) is 11.2 Å². The van der Waals surface area contributed by atoms with Gasteiger partial charge in [-0.15, -0.1) is 0 Å². The number of aromatic hydroxyl groups is 1. The topological polar surface area (TPSA) is 91.0 Å². The predicted octanol–water partition coefficient (Wildman–Crippen LogP) is 3.81. The van der Waals surface area contributed by atoms with Gasteiger partial charge in [0.15, 0.2) is 11.5 Å². The number of phenols is 1. The third kappa shape index (κ3) is 3.52. The Morgan fingerprint density at radius 3 is 2.48 bits per heavy atom. The molecule has 1 atom stereocenters. The van der Waals surface area contributed by atoms with Crippen molar-refractivity contribution in [2.24, 2.45) is 0 Å². The van der Waals surface area contributed by atoms with Gasteiger partial charge in [-0.05, 0) is 41.8 Å². The fourth-order valence-electron chi connectivity index (χ4n) is 3.59. The van der Waals surface area contributed by atoms with Crippen molar-refractivity contribution >= 4 is 11.7 Å². The minimum Gasteiger partial charge on any atom is -0.508 e. The van der Waals surface area contributed by atoms with Gasteiger partial charge in [0.05, 0.1) is 17.9 Å². The summed E-state index contributed by atoms with van der Waals surface area (Å²) in [5.41, 5.74) is 1.51. The Hall–Kier alpha value is -3.80. The van der Waals surface area contributed by atoms with Crippen molar-refractivity contribution in [2.45, 2.75) is 12.5 Å². The van der Waals surface area contributed by atoms with Crippen molar-refractivity contribution in [3.63, 3.8) is 0 Å². The van der Waals surface area contributed by atoms with Crippen LogP contribution in [-0.4, -0.2) is 33.3 Å². The highest BCUT2D eigenvalue weighted by atomic mass is 16.3. The summed E-state index contributed by atoms with van der Waals surface area (Å²) in [5.74, 6) is -1.73. The molecule has 0 radical (unpaired) electrons. The van der Waals surface area contributed by atoms with E-state index in [2.05, 4.69) is 0 Å². The minimum atomic E-state index is -0.823. The number of aliphatic hydroxyl groups excluding tert-OH is 1. The minimum absolute atomic E-state index is 0.00847. The summed E-state index contributed by atoms with van der Waals surface area (Å²) in [5, 5.41) is 20.5. The molecule has 1 aromatic heterocycles. The smallest absolute Gasteiger partial charge is 0.290 e. The van der Waals surface area contributed by atoms with Crippen LogP contribution in [0.2, 0.25) is 0 Å². The van der Waals surface area contributed by atoms with Gasteiger partial charge < -0.3 is 19.5 Å². The Balaban J connectivity index is 1.73. The van der Waals surface area contributed by atoms with Gasteiger partial charge in [0.25, 0.3) is 5.91 Å². The van der Waals surface area contributed by atoms with Crippen LogP contribution < -0.4 is 0 Å². The summed E-state index contributed by atoms with van der Waals surface area (Å²) in [4.78, 5) is 27.3. The van der Waals surface area contributed by atoms with Crippen LogP contribution in [0.4, 0.5) is 0 Å². The second-order valence-electron chi connectivity index (χ2n) is 6.80. The molecule has 2 aromatic carbocycles. The van der Waals surface area contributed by atoms with Gasteiger partial charge in [-0.2, -0.15) is 0 Å². The number of benzene rings is 2. The molecular weight excluding hydrogens is 370 g/mol. The maximum absolute atomic E-state index is 13.0. The number of nitrogens with zero attached hydrogens (tertiary/aromatic N) is 1. The fourth-order valence-corrected chi connectivity index (χ4v) is 3.59. The molecule has 2 heterocycles. The van der Waals surface area contributed by atoms with Crippen LogP contribution in [0.1, 0.15) is 27.7 Å². The van der Waals surface area contributed by atoms with E-state index in [0.29, 0.717) is 18.5 Å². The molecule has 1 unspecified atom stereocenters.